The van der Waals surface area contributed by atoms with E-state index in [9.17, 15) is 22.4 Å². The molecule has 2 rings (SSSR count). The lowest BCUT2D eigenvalue weighted by molar-refractivity contribution is -0.140. The first-order valence-corrected chi connectivity index (χ1v) is 6.73. The van der Waals surface area contributed by atoms with E-state index in [1.807, 2.05) is 0 Å². The van der Waals surface area contributed by atoms with Gasteiger partial charge in [0.05, 0.1) is 5.56 Å². The number of piperidine rings is 1. The lowest BCUT2D eigenvalue weighted by Crippen LogP contribution is -2.30. The summed E-state index contributed by atoms with van der Waals surface area (Å²) in [7, 11) is 0. The molecular formula is C14H17ClF4N2O. The standard InChI is InChI=1S/C14H16F4N2O.ClH/c15-12-2-1-10(8-11(12)14(16,17)18)20-13(21)7-9-3-5-19-6-4-9;/h1-2,8-9,19H,3-7H2,(H,20,21);1H. The number of halogens is 5. The number of rotatable bonds is 3. The molecule has 0 saturated carbocycles. The Morgan fingerprint density at radius 3 is 2.50 bits per heavy atom. The number of carbonyl (C=O) groups excluding carboxylic acids is 1. The molecule has 0 aromatic heterocycles. The van der Waals surface area contributed by atoms with Crippen LogP contribution in [0.1, 0.15) is 24.8 Å². The minimum absolute atomic E-state index is 0. The molecule has 1 heterocycles. The van der Waals surface area contributed by atoms with Crippen LogP contribution < -0.4 is 10.6 Å². The summed E-state index contributed by atoms with van der Waals surface area (Å²) in [4.78, 5) is 11.8. The van der Waals surface area contributed by atoms with Crippen LogP contribution in [0.25, 0.3) is 0 Å². The smallest absolute Gasteiger partial charge is 0.326 e. The van der Waals surface area contributed by atoms with Gasteiger partial charge in [0.25, 0.3) is 0 Å². The Morgan fingerprint density at radius 1 is 1.27 bits per heavy atom. The summed E-state index contributed by atoms with van der Waals surface area (Å²) in [5.74, 6) is -1.46. The van der Waals surface area contributed by atoms with Crippen LogP contribution in [-0.2, 0) is 11.0 Å². The summed E-state index contributed by atoms with van der Waals surface area (Å²) in [5.41, 5.74) is -1.41. The maximum absolute atomic E-state index is 13.1. The Hall–Kier alpha value is -1.34. The van der Waals surface area contributed by atoms with Crippen molar-refractivity contribution in [3.8, 4) is 0 Å². The molecule has 0 atom stereocenters. The van der Waals surface area contributed by atoms with Crippen molar-refractivity contribution in [3.63, 3.8) is 0 Å². The Labute approximate surface area is 131 Å². The van der Waals surface area contributed by atoms with Crippen molar-refractivity contribution in [3.05, 3.63) is 29.6 Å². The number of carbonyl (C=O) groups is 1. The van der Waals surface area contributed by atoms with Crippen molar-refractivity contribution in [1.82, 2.24) is 5.32 Å². The molecule has 1 fully saturated rings. The Balaban J connectivity index is 0.00000242. The quantitative estimate of drug-likeness (QED) is 0.826. The molecule has 22 heavy (non-hydrogen) atoms. The molecule has 124 valence electrons. The fourth-order valence-electron chi connectivity index (χ4n) is 2.38. The van der Waals surface area contributed by atoms with Crippen LogP contribution in [0.4, 0.5) is 23.2 Å². The summed E-state index contributed by atoms with van der Waals surface area (Å²) in [6.45, 7) is 1.68. The summed E-state index contributed by atoms with van der Waals surface area (Å²) in [6.07, 6.45) is -2.78. The van der Waals surface area contributed by atoms with Gasteiger partial charge < -0.3 is 10.6 Å². The number of hydrogen-bond acceptors (Lipinski definition) is 2. The molecule has 0 unspecified atom stereocenters. The molecule has 0 bridgehead atoms. The molecule has 1 aliphatic rings. The summed E-state index contributed by atoms with van der Waals surface area (Å²) < 4.78 is 50.9. The van der Waals surface area contributed by atoms with Crippen molar-refractivity contribution in [2.75, 3.05) is 18.4 Å². The SMILES string of the molecule is Cl.O=C(CC1CCNCC1)Nc1ccc(F)c(C(F)(F)F)c1. The van der Waals surface area contributed by atoms with Crippen molar-refractivity contribution in [1.29, 1.82) is 0 Å². The zero-order valence-electron chi connectivity index (χ0n) is 11.7. The fourth-order valence-corrected chi connectivity index (χ4v) is 2.38. The van der Waals surface area contributed by atoms with Gasteiger partial charge in [-0.1, -0.05) is 0 Å². The van der Waals surface area contributed by atoms with E-state index in [0.29, 0.717) is 12.1 Å². The van der Waals surface area contributed by atoms with Gasteiger partial charge in [-0.2, -0.15) is 13.2 Å². The number of alkyl halides is 3. The average Bonchev–Trinajstić information content (AvgIpc) is 2.41. The molecule has 1 saturated heterocycles. The van der Waals surface area contributed by atoms with Crippen molar-refractivity contribution in [2.24, 2.45) is 5.92 Å². The van der Waals surface area contributed by atoms with Crippen molar-refractivity contribution in [2.45, 2.75) is 25.4 Å². The minimum Gasteiger partial charge on any atom is -0.326 e. The normalized spacial score (nSPS) is 16.0. The van der Waals surface area contributed by atoms with E-state index >= 15 is 0 Å². The monoisotopic (exact) mass is 340 g/mol. The second-order valence-electron chi connectivity index (χ2n) is 5.14. The van der Waals surface area contributed by atoms with Gasteiger partial charge in [-0.3, -0.25) is 4.79 Å². The van der Waals surface area contributed by atoms with E-state index in [1.165, 1.54) is 0 Å². The minimum atomic E-state index is -4.78. The van der Waals surface area contributed by atoms with Gasteiger partial charge in [0.2, 0.25) is 5.91 Å². The third kappa shape index (κ3) is 5.14. The number of anilines is 1. The summed E-state index contributed by atoms with van der Waals surface area (Å²) in [5, 5.41) is 5.57. The molecule has 0 aliphatic carbocycles. The molecule has 1 aromatic rings. The Morgan fingerprint density at radius 2 is 1.91 bits per heavy atom. The highest BCUT2D eigenvalue weighted by molar-refractivity contribution is 5.90. The molecular weight excluding hydrogens is 324 g/mol. The van der Waals surface area contributed by atoms with Gasteiger partial charge in [-0.25, -0.2) is 4.39 Å². The molecule has 2 N–H and O–H groups in total. The predicted octanol–water partition coefficient (Wildman–Crippen LogP) is 3.59. The second kappa shape index (κ2) is 7.78. The van der Waals surface area contributed by atoms with Crippen LogP contribution in [0.15, 0.2) is 18.2 Å². The van der Waals surface area contributed by atoms with Crippen LogP contribution in [0.3, 0.4) is 0 Å². The maximum Gasteiger partial charge on any atom is 0.419 e. The van der Waals surface area contributed by atoms with E-state index in [0.717, 1.165) is 32.0 Å². The molecule has 1 aliphatic heterocycles. The van der Waals surface area contributed by atoms with Crippen LogP contribution in [0.5, 0.6) is 0 Å². The molecule has 0 spiro atoms. The maximum atomic E-state index is 13.1. The number of amides is 1. The average molecular weight is 341 g/mol. The van der Waals surface area contributed by atoms with Gasteiger partial charge in [-0.05, 0) is 50.0 Å². The summed E-state index contributed by atoms with van der Waals surface area (Å²) >= 11 is 0. The van der Waals surface area contributed by atoms with Gasteiger partial charge in [0, 0.05) is 12.1 Å². The van der Waals surface area contributed by atoms with Gasteiger partial charge >= 0.3 is 6.18 Å². The van der Waals surface area contributed by atoms with E-state index in [4.69, 9.17) is 0 Å². The highest BCUT2D eigenvalue weighted by Gasteiger charge is 2.34. The van der Waals surface area contributed by atoms with Crippen LogP contribution in [0, 0.1) is 11.7 Å². The lowest BCUT2D eigenvalue weighted by atomic mass is 9.94. The highest BCUT2D eigenvalue weighted by atomic mass is 35.5. The fraction of sp³-hybridized carbons (Fsp3) is 0.500. The molecule has 1 aromatic carbocycles. The van der Waals surface area contributed by atoms with Gasteiger partial charge in [-0.15, -0.1) is 12.4 Å². The van der Waals surface area contributed by atoms with Crippen molar-refractivity contribution < 1.29 is 22.4 Å². The van der Waals surface area contributed by atoms with E-state index < -0.39 is 17.6 Å². The highest BCUT2D eigenvalue weighted by Crippen LogP contribution is 2.33. The number of nitrogens with one attached hydrogen (secondary N) is 2. The number of hydrogen-bond donors (Lipinski definition) is 2. The van der Waals surface area contributed by atoms with E-state index in [2.05, 4.69) is 10.6 Å². The number of benzene rings is 1. The largest absolute Gasteiger partial charge is 0.419 e. The molecule has 1 amide bonds. The predicted molar refractivity (Wildman–Crippen MR) is 77.5 cm³/mol. The zero-order chi connectivity index (χ0) is 15.5. The van der Waals surface area contributed by atoms with E-state index in [-0.39, 0.29) is 36.3 Å². The first-order chi connectivity index (χ1) is 9.86. The molecule has 0 radical (unpaired) electrons. The Bertz CT molecular complexity index is 516. The third-order valence-electron chi connectivity index (χ3n) is 3.49. The third-order valence-corrected chi connectivity index (χ3v) is 3.49. The van der Waals surface area contributed by atoms with Crippen LogP contribution in [-0.4, -0.2) is 19.0 Å². The van der Waals surface area contributed by atoms with Crippen LogP contribution in [0.2, 0.25) is 0 Å². The summed E-state index contributed by atoms with van der Waals surface area (Å²) in [6, 6.07) is 2.46. The van der Waals surface area contributed by atoms with Crippen molar-refractivity contribution >= 4 is 24.0 Å². The second-order valence-corrected chi connectivity index (χ2v) is 5.14. The van der Waals surface area contributed by atoms with Gasteiger partial charge in [0.15, 0.2) is 0 Å². The molecule has 3 nitrogen and oxygen atoms in total. The first-order valence-electron chi connectivity index (χ1n) is 6.73. The van der Waals surface area contributed by atoms with Crippen LogP contribution >= 0.6 is 12.4 Å². The van der Waals surface area contributed by atoms with Gasteiger partial charge in [0.1, 0.15) is 5.82 Å². The van der Waals surface area contributed by atoms with E-state index in [1.54, 1.807) is 0 Å². The Kier molecular flexibility index (Phi) is 6.62. The zero-order valence-corrected chi connectivity index (χ0v) is 12.5. The topological polar surface area (TPSA) is 41.1 Å². The molecule has 8 heteroatoms. The lowest BCUT2D eigenvalue weighted by Gasteiger charge is -2.22. The first kappa shape index (κ1) is 18.7.